The Kier molecular flexibility index (Phi) is 8.15. The first-order valence-electron chi connectivity index (χ1n) is 10.5. The van der Waals surface area contributed by atoms with Crippen molar-refractivity contribution in [1.29, 1.82) is 0 Å². The molecule has 1 heterocycles. The van der Waals surface area contributed by atoms with Gasteiger partial charge in [-0.2, -0.15) is 0 Å². The Morgan fingerprint density at radius 2 is 1.65 bits per heavy atom. The predicted molar refractivity (Wildman–Crippen MR) is 130 cm³/mol. The van der Waals surface area contributed by atoms with Gasteiger partial charge < -0.3 is 20.1 Å². The largest absolute Gasteiger partial charge is 0.462 e. The minimum atomic E-state index is -0.761. The molecule has 0 saturated heterocycles. The lowest BCUT2D eigenvalue weighted by atomic mass is 10.1. The van der Waals surface area contributed by atoms with Crippen molar-refractivity contribution in [2.75, 3.05) is 23.8 Å². The maximum Gasteiger partial charge on any atom is 0.350 e. The summed E-state index contributed by atoms with van der Waals surface area (Å²) in [6.07, 6.45) is 0. The number of aryl methyl sites for hydroxylation is 1. The molecule has 0 unspecified atom stereocenters. The fraction of sp³-hybridized carbons (Fsp3) is 0.200. The Labute approximate surface area is 200 Å². The Morgan fingerprint density at radius 1 is 0.912 bits per heavy atom. The molecule has 176 valence electrons. The van der Waals surface area contributed by atoms with E-state index in [2.05, 4.69) is 10.6 Å². The number of benzene rings is 2. The van der Waals surface area contributed by atoms with Crippen molar-refractivity contribution in [3.63, 3.8) is 0 Å². The average Bonchev–Trinajstić information content (AvgIpc) is 3.23. The first-order chi connectivity index (χ1) is 16.3. The first kappa shape index (κ1) is 24.7. The standard InChI is InChI=1S/C25H24N2O6S/c1-4-32-25(31)23-19(13-20(34-23)17-10-6-5-7-11-17)27-21(29)14-33-24(30)18-12-8-9-15(2)22(18)26-16(3)28/h5-13H,4,14H2,1-3H3,(H,26,28)(H,27,29). The van der Waals surface area contributed by atoms with E-state index < -0.39 is 24.5 Å². The number of hydrogen-bond donors (Lipinski definition) is 2. The van der Waals surface area contributed by atoms with Gasteiger partial charge in [0.25, 0.3) is 5.91 Å². The molecule has 2 N–H and O–H groups in total. The highest BCUT2D eigenvalue weighted by Gasteiger charge is 2.21. The Bertz CT molecular complexity index is 1220. The molecule has 8 nitrogen and oxygen atoms in total. The zero-order chi connectivity index (χ0) is 24.7. The third-order valence-electron chi connectivity index (χ3n) is 4.65. The average molecular weight is 481 g/mol. The molecule has 0 saturated carbocycles. The SMILES string of the molecule is CCOC(=O)c1sc(-c2ccccc2)cc1NC(=O)COC(=O)c1cccc(C)c1NC(C)=O. The van der Waals surface area contributed by atoms with Gasteiger partial charge in [-0.1, -0.05) is 42.5 Å². The van der Waals surface area contributed by atoms with Gasteiger partial charge in [0.05, 0.1) is 23.5 Å². The minimum Gasteiger partial charge on any atom is -0.462 e. The molecule has 0 fully saturated rings. The number of para-hydroxylation sites is 1. The van der Waals surface area contributed by atoms with Crippen molar-refractivity contribution in [2.45, 2.75) is 20.8 Å². The van der Waals surface area contributed by atoms with Gasteiger partial charge in [-0.05, 0) is 37.1 Å². The maximum atomic E-state index is 12.6. The molecule has 0 atom stereocenters. The van der Waals surface area contributed by atoms with Crippen molar-refractivity contribution < 1.29 is 28.7 Å². The maximum absolute atomic E-state index is 12.6. The summed E-state index contributed by atoms with van der Waals surface area (Å²) < 4.78 is 10.3. The molecular weight excluding hydrogens is 456 g/mol. The molecule has 0 radical (unpaired) electrons. The molecule has 0 aliphatic heterocycles. The summed E-state index contributed by atoms with van der Waals surface area (Å²) in [5.74, 6) is -2.27. The lowest BCUT2D eigenvalue weighted by molar-refractivity contribution is -0.119. The van der Waals surface area contributed by atoms with E-state index in [1.54, 1.807) is 32.0 Å². The van der Waals surface area contributed by atoms with Crippen LogP contribution in [0.4, 0.5) is 11.4 Å². The van der Waals surface area contributed by atoms with Gasteiger partial charge in [0, 0.05) is 11.8 Å². The zero-order valence-corrected chi connectivity index (χ0v) is 19.8. The van der Waals surface area contributed by atoms with Crippen molar-refractivity contribution >= 4 is 46.5 Å². The van der Waals surface area contributed by atoms with Gasteiger partial charge in [0.1, 0.15) is 4.88 Å². The van der Waals surface area contributed by atoms with E-state index in [-0.39, 0.29) is 28.6 Å². The van der Waals surface area contributed by atoms with E-state index in [4.69, 9.17) is 9.47 Å². The molecule has 3 aromatic rings. The molecule has 9 heteroatoms. The smallest absolute Gasteiger partial charge is 0.350 e. The number of amides is 2. The molecule has 2 aromatic carbocycles. The summed E-state index contributed by atoms with van der Waals surface area (Å²) in [4.78, 5) is 50.0. The molecule has 3 rings (SSSR count). The van der Waals surface area contributed by atoms with E-state index in [0.717, 1.165) is 10.4 Å². The number of rotatable bonds is 8. The van der Waals surface area contributed by atoms with Gasteiger partial charge in [-0.15, -0.1) is 11.3 Å². The zero-order valence-electron chi connectivity index (χ0n) is 19.0. The molecule has 0 aliphatic rings. The van der Waals surface area contributed by atoms with Crippen LogP contribution in [0.5, 0.6) is 0 Å². The highest BCUT2D eigenvalue weighted by Crippen LogP contribution is 2.35. The van der Waals surface area contributed by atoms with Crippen molar-refractivity contribution in [3.05, 3.63) is 70.6 Å². The lowest BCUT2D eigenvalue weighted by Gasteiger charge is -2.12. The Hall–Kier alpha value is -3.98. The van der Waals surface area contributed by atoms with Crippen LogP contribution < -0.4 is 10.6 Å². The number of ether oxygens (including phenoxy) is 2. The fourth-order valence-corrected chi connectivity index (χ4v) is 4.16. The minimum absolute atomic E-state index is 0.136. The normalized spacial score (nSPS) is 10.3. The van der Waals surface area contributed by atoms with Gasteiger partial charge >= 0.3 is 11.9 Å². The summed E-state index contributed by atoms with van der Waals surface area (Å²) in [6.45, 7) is 4.38. The molecular formula is C25H24N2O6S. The summed E-state index contributed by atoms with van der Waals surface area (Å²) in [6, 6.07) is 16.0. The molecule has 1 aromatic heterocycles. The second-order valence-electron chi connectivity index (χ2n) is 7.24. The summed E-state index contributed by atoms with van der Waals surface area (Å²) in [7, 11) is 0. The predicted octanol–water partition coefficient (Wildman–Crippen LogP) is 4.65. The fourth-order valence-electron chi connectivity index (χ4n) is 3.15. The number of anilines is 2. The Balaban J connectivity index is 1.74. The second-order valence-corrected chi connectivity index (χ2v) is 8.30. The molecule has 0 spiro atoms. The van der Waals surface area contributed by atoms with Crippen LogP contribution in [0.2, 0.25) is 0 Å². The highest BCUT2D eigenvalue weighted by atomic mass is 32.1. The van der Waals surface area contributed by atoms with Gasteiger partial charge in [-0.3, -0.25) is 9.59 Å². The molecule has 0 aliphatic carbocycles. The van der Waals surface area contributed by atoms with Crippen LogP contribution in [0.3, 0.4) is 0 Å². The van der Waals surface area contributed by atoms with Crippen LogP contribution in [0.25, 0.3) is 10.4 Å². The first-order valence-corrected chi connectivity index (χ1v) is 11.3. The molecule has 2 amide bonds. The van der Waals surface area contributed by atoms with Crippen LogP contribution >= 0.6 is 11.3 Å². The summed E-state index contributed by atoms with van der Waals surface area (Å²) in [5, 5.41) is 5.24. The molecule has 34 heavy (non-hydrogen) atoms. The highest BCUT2D eigenvalue weighted by molar-refractivity contribution is 7.18. The topological polar surface area (TPSA) is 111 Å². The number of carbonyl (C=O) groups is 4. The van der Waals surface area contributed by atoms with Crippen LogP contribution in [-0.2, 0) is 19.1 Å². The van der Waals surface area contributed by atoms with Gasteiger partial charge in [0.15, 0.2) is 6.61 Å². The van der Waals surface area contributed by atoms with E-state index in [1.165, 1.54) is 24.3 Å². The monoisotopic (exact) mass is 480 g/mol. The second kappa shape index (κ2) is 11.2. The van der Waals surface area contributed by atoms with Gasteiger partial charge in [-0.25, -0.2) is 9.59 Å². The number of carbonyl (C=O) groups excluding carboxylic acids is 4. The van der Waals surface area contributed by atoms with E-state index in [1.807, 2.05) is 30.3 Å². The van der Waals surface area contributed by atoms with Crippen LogP contribution in [0.1, 0.15) is 39.4 Å². The van der Waals surface area contributed by atoms with Crippen LogP contribution in [-0.4, -0.2) is 37.0 Å². The number of thiophene rings is 1. The van der Waals surface area contributed by atoms with E-state index in [9.17, 15) is 19.2 Å². The van der Waals surface area contributed by atoms with E-state index >= 15 is 0 Å². The van der Waals surface area contributed by atoms with Gasteiger partial charge in [0.2, 0.25) is 5.91 Å². The molecule has 0 bridgehead atoms. The number of hydrogen-bond acceptors (Lipinski definition) is 7. The third kappa shape index (κ3) is 6.08. The lowest BCUT2D eigenvalue weighted by Crippen LogP contribution is -2.22. The van der Waals surface area contributed by atoms with Crippen molar-refractivity contribution in [2.24, 2.45) is 0 Å². The third-order valence-corrected chi connectivity index (χ3v) is 5.82. The summed E-state index contributed by atoms with van der Waals surface area (Å²) in [5.41, 5.74) is 2.31. The number of nitrogens with one attached hydrogen (secondary N) is 2. The van der Waals surface area contributed by atoms with Crippen molar-refractivity contribution in [1.82, 2.24) is 0 Å². The van der Waals surface area contributed by atoms with Crippen molar-refractivity contribution in [3.8, 4) is 10.4 Å². The van der Waals surface area contributed by atoms with Crippen LogP contribution in [0.15, 0.2) is 54.6 Å². The van der Waals surface area contributed by atoms with E-state index in [0.29, 0.717) is 11.3 Å². The van der Waals surface area contributed by atoms with Crippen LogP contribution in [0, 0.1) is 6.92 Å². The summed E-state index contributed by atoms with van der Waals surface area (Å²) >= 11 is 1.20. The quantitative estimate of drug-likeness (QED) is 0.454. The Morgan fingerprint density at radius 3 is 2.32 bits per heavy atom. The number of esters is 2.